The Morgan fingerprint density at radius 2 is 2.23 bits per heavy atom. The molecule has 0 aromatic carbocycles. The Hall–Kier alpha value is 0.210. The average molecular weight is 206 g/mol. The van der Waals surface area contributed by atoms with Gasteiger partial charge in [0.05, 0.1) is 0 Å². The maximum Gasteiger partial charge on any atom is 0.0477 e. The lowest BCUT2D eigenvalue weighted by atomic mass is 9.85. The lowest BCUT2D eigenvalue weighted by molar-refractivity contribution is 0.144. The van der Waals surface area contributed by atoms with E-state index in [0.29, 0.717) is 5.38 Å². The smallest absolute Gasteiger partial charge is 0.0477 e. The lowest BCUT2D eigenvalue weighted by Gasteiger charge is -2.30. The molecule has 0 amide bonds. The quantitative estimate of drug-likeness (QED) is 0.507. The third-order valence-corrected chi connectivity index (χ3v) is 2.81. The summed E-state index contributed by atoms with van der Waals surface area (Å²) in [5.41, 5.74) is 0. The van der Waals surface area contributed by atoms with Crippen LogP contribution in [0.2, 0.25) is 0 Å². The van der Waals surface area contributed by atoms with Crippen molar-refractivity contribution in [2.45, 2.75) is 31.6 Å². The first kappa shape index (κ1) is 11.3. The highest BCUT2D eigenvalue weighted by molar-refractivity contribution is 6.21. The molecular formula is C10H20ClNO. The van der Waals surface area contributed by atoms with Crippen molar-refractivity contribution < 1.29 is 4.74 Å². The van der Waals surface area contributed by atoms with Gasteiger partial charge in [0.15, 0.2) is 0 Å². The summed E-state index contributed by atoms with van der Waals surface area (Å²) in [7, 11) is 0. The summed E-state index contributed by atoms with van der Waals surface area (Å²) in [6, 6.07) is 0. The van der Waals surface area contributed by atoms with Crippen molar-refractivity contribution >= 4 is 11.6 Å². The molecule has 1 N–H and O–H groups in total. The Morgan fingerprint density at radius 1 is 1.46 bits per heavy atom. The van der Waals surface area contributed by atoms with Crippen molar-refractivity contribution in [2.75, 3.05) is 26.3 Å². The molecule has 1 aliphatic rings. The van der Waals surface area contributed by atoms with Gasteiger partial charge >= 0.3 is 0 Å². The van der Waals surface area contributed by atoms with Crippen LogP contribution < -0.4 is 5.32 Å². The molecule has 2 nitrogen and oxygen atoms in total. The molecule has 0 atom stereocenters. The van der Waals surface area contributed by atoms with Crippen molar-refractivity contribution in [1.82, 2.24) is 5.32 Å². The number of rotatable bonds is 7. The van der Waals surface area contributed by atoms with Gasteiger partial charge in [-0.25, -0.2) is 0 Å². The second kappa shape index (κ2) is 6.63. The second-order valence-corrected chi connectivity index (χ2v) is 4.31. The van der Waals surface area contributed by atoms with Gasteiger partial charge in [-0.05, 0) is 45.2 Å². The van der Waals surface area contributed by atoms with Crippen molar-refractivity contribution in [3.05, 3.63) is 0 Å². The van der Waals surface area contributed by atoms with E-state index in [4.69, 9.17) is 16.3 Å². The van der Waals surface area contributed by atoms with E-state index in [-0.39, 0.29) is 0 Å². The van der Waals surface area contributed by atoms with E-state index in [0.717, 1.165) is 38.6 Å². The van der Waals surface area contributed by atoms with Crippen LogP contribution in [-0.2, 0) is 4.74 Å². The summed E-state index contributed by atoms with van der Waals surface area (Å²) < 4.78 is 5.24. The highest BCUT2D eigenvalue weighted by atomic mass is 35.5. The predicted octanol–water partition coefficient (Wildman–Crippen LogP) is 2.02. The summed E-state index contributed by atoms with van der Waals surface area (Å²) in [4.78, 5) is 0. The van der Waals surface area contributed by atoms with Crippen LogP contribution in [0.3, 0.4) is 0 Å². The minimum atomic E-state index is 0.454. The second-order valence-electron chi connectivity index (χ2n) is 3.69. The van der Waals surface area contributed by atoms with Gasteiger partial charge in [0.1, 0.15) is 0 Å². The van der Waals surface area contributed by atoms with Crippen LogP contribution in [0.5, 0.6) is 0 Å². The van der Waals surface area contributed by atoms with Crippen molar-refractivity contribution in [1.29, 1.82) is 0 Å². The molecule has 0 spiro atoms. The predicted molar refractivity (Wildman–Crippen MR) is 56.3 cm³/mol. The zero-order valence-electron chi connectivity index (χ0n) is 8.39. The highest BCUT2D eigenvalue weighted by Gasteiger charge is 2.26. The molecule has 0 aliphatic heterocycles. The summed E-state index contributed by atoms with van der Waals surface area (Å²) >= 11 is 5.88. The van der Waals surface area contributed by atoms with Gasteiger partial charge in [-0.15, -0.1) is 11.6 Å². The Bertz CT molecular complexity index is 126. The fourth-order valence-electron chi connectivity index (χ4n) is 1.57. The molecule has 1 saturated carbocycles. The van der Waals surface area contributed by atoms with E-state index in [1.165, 1.54) is 12.8 Å². The maximum atomic E-state index is 5.88. The molecule has 0 unspecified atom stereocenters. The van der Waals surface area contributed by atoms with Gasteiger partial charge < -0.3 is 10.1 Å². The molecule has 1 aliphatic carbocycles. The van der Waals surface area contributed by atoms with Crippen LogP contribution >= 0.6 is 11.6 Å². The fourth-order valence-corrected chi connectivity index (χ4v) is 2.07. The first-order chi connectivity index (χ1) is 6.33. The molecule has 0 radical (unpaired) electrons. The zero-order valence-corrected chi connectivity index (χ0v) is 9.15. The van der Waals surface area contributed by atoms with Crippen molar-refractivity contribution in [3.8, 4) is 0 Å². The summed E-state index contributed by atoms with van der Waals surface area (Å²) in [6.45, 7) is 5.95. The monoisotopic (exact) mass is 205 g/mol. The molecular weight excluding hydrogens is 186 g/mol. The molecule has 0 saturated heterocycles. The van der Waals surface area contributed by atoms with Crippen molar-refractivity contribution in [2.24, 2.45) is 5.92 Å². The van der Waals surface area contributed by atoms with Gasteiger partial charge in [-0.2, -0.15) is 0 Å². The molecule has 1 fully saturated rings. The molecule has 13 heavy (non-hydrogen) atoms. The van der Waals surface area contributed by atoms with Crippen LogP contribution in [0.4, 0.5) is 0 Å². The Balaban J connectivity index is 1.74. The topological polar surface area (TPSA) is 21.3 Å². The molecule has 0 heterocycles. The zero-order chi connectivity index (χ0) is 9.52. The number of halogens is 1. The fraction of sp³-hybridized carbons (Fsp3) is 1.00. The Kier molecular flexibility index (Phi) is 5.76. The highest BCUT2D eigenvalue weighted by Crippen LogP contribution is 2.30. The van der Waals surface area contributed by atoms with Crippen LogP contribution in [0.1, 0.15) is 26.2 Å². The van der Waals surface area contributed by atoms with E-state index in [2.05, 4.69) is 5.32 Å². The van der Waals surface area contributed by atoms with E-state index in [1.807, 2.05) is 6.92 Å². The first-order valence-corrected chi connectivity index (χ1v) is 5.69. The van der Waals surface area contributed by atoms with E-state index < -0.39 is 0 Å². The summed E-state index contributed by atoms with van der Waals surface area (Å²) in [5.74, 6) is 0.828. The normalized spacial score (nSPS) is 27.2. The van der Waals surface area contributed by atoms with Crippen LogP contribution in [0, 0.1) is 5.92 Å². The number of hydrogen-bond donors (Lipinski definition) is 1. The molecule has 0 bridgehead atoms. The van der Waals surface area contributed by atoms with Gasteiger partial charge in [-0.1, -0.05) is 0 Å². The lowest BCUT2D eigenvalue weighted by Crippen LogP contribution is -2.34. The Labute approximate surface area is 86.0 Å². The third-order valence-electron chi connectivity index (χ3n) is 2.46. The van der Waals surface area contributed by atoms with Gasteiger partial charge in [0, 0.05) is 18.6 Å². The molecule has 0 aromatic rings. The van der Waals surface area contributed by atoms with Crippen molar-refractivity contribution in [3.63, 3.8) is 0 Å². The number of hydrogen-bond acceptors (Lipinski definition) is 2. The molecule has 3 heteroatoms. The van der Waals surface area contributed by atoms with Gasteiger partial charge in [0.2, 0.25) is 0 Å². The van der Waals surface area contributed by atoms with Gasteiger partial charge in [-0.3, -0.25) is 0 Å². The molecule has 78 valence electrons. The van der Waals surface area contributed by atoms with E-state index in [1.54, 1.807) is 0 Å². The van der Waals surface area contributed by atoms with E-state index >= 15 is 0 Å². The minimum absolute atomic E-state index is 0.454. The van der Waals surface area contributed by atoms with Gasteiger partial charge in [0.25, 0.3) is 0 Å². The molecule has 0 aromatic heterocycles. The molecule has 1 rings (SSSR count). The largest absolute Gasteiger partial charge is 0.382 e. The number of alkyl halides is 1. The minimum Gasteiger partial charge on any atom is -0.382 e. The van der Waals surface area contributed by atoms with Crippen LogP contribution in [0.15, 0.2) is 0 Å². The number of ether oxygens (including phenoxy) is 1. The van der Waals surface area contributed by atoms with E-state index in [9.17, 15) is 0 Å². The summed E-state index contributed by atoms with van der Waals surface area (Å²) in [5, 5.41) is 3.88. The van der Waals surface area contributed by atoms with Crippen LogP contribution in [-0.4, -0.2) is 31.7 Å². The Morgan fingerprint density at radius 3 is 2.85 bits per heavy atom. The third kappa shape index (κ3) is 4.84. The average Bonchev–Trinajstić information content (AvgIpc) is 2.07. The van der Waals surface area contributed by atoms with Crippen LogP contribution in [0.25, 0.3) is 0 Å². The summed E-state index contributed by atoms with van der Waals surface area (Å²) in [6.07, 6.45) is 3.50. The SMILES string of the molecule is CCOCCCNCC1CC(Cl)C1. The standard InChI is InChI=1S/C10H20ClNO/c1-2-13-5-3-4-12-8-9-6-10(11)7-9/h9-10,12H,2-8H2,1H3. The first-order valence-electron chi connectivity index (χ1n) is 5.25. The maximum absolute atomic E-state index is 5.88. The number of nitrogens with one attached hydrogen (secondary N) is 1.